The monoisotopic (exact) mass is 209 g/mol. The van der Waals surface area contributed by atoms with Gasteiger partial charge in [-0.1, -0.05) is 6.92 Å². The molecular weight excluding hydrogens is 186 g/mol. The predicted molar refractivity (Wildman–Crippen MR) is 62.7 cm³/mol. The number of nitrogens with zero attached hydrogens (tertiary/aromatic N) is 1. The maximum absolute atomic E-state index is 5.97. The third-order valence-electron chi connectivity index (χ3n) is 3.79. The summed E-state index contributed by atoms with van der Waals surface area (Å²) in [4.78, 5) is 2.42. The van der Waals surface area contributed by atoms with Gasteiger partial charge in [0, 0.05) is 12.0 Å². The van der Waals surface area contributed by atoms with Gasteiger partial charge in [0.1, 0.15) is 6.61 Å². The van der Waals surface area contributed by atoms with Gasteiger partial charge in [-0.2, -0.15) is 0 Å². The molecule has 2 rings (SSSR count). The Balaban J connectivity index is 1.79. The van der Waals surface area contributed by atoms with Gasteiger partial charge in [-0.3, -0.25) is 0 Å². The van der Waals surface area contributed by atoms with Crippen molar-refractivity contribution in [3.8, 4) is 0 Å². The molecule has 1 aliphatic heterocycles. The number of rotatable bonds is 3. The molecule has 0 spiro atoms. The van der Waals surface area contributed by atoms with E-state index in [2.05, 4.69) is 24.9 Å². The van der Waals surface area contributed by atoms with E-state index < -0.39 is 0 Å². The number of likely N-dealkylation sites (N-methyl/N-ethyl adjacent to an activating group) is 1. The summed E-state index contributed by atoms with van der Waals surface area (Å²) in [6, 6.07) is 0.653. The largest absolute Gasteiger partial charge is 0.496 e. The summed E-state index contributed by atoms with van der Waals surface area (Å²) in [7, 11) is 2.21. The van der Waals surface area contributed by atoms with Crippen molar-refractivity contribution in [2.75, 3.05) is 20.2 Å². The minimum atomic E-state index is 0.644. The van der Waals surface area contributed by atoms with E-state index in [9.17, 15) is 0 Å². The van der Waals surface area contributed by atoms with Crippen molar-refractivity contribution in [3.63, 3.8) is 0 Å². The molecule has 15 heavy (non-hydrogen) atoms. The molecule has 2 heteroatoms. The standard InChI is InChI=1S/C13H23NO/c1-11-6-3-4-8-13(11)15-10-12-7-5-9-14(12)2/h8,11-12H,3-7,9-10H2,1-2H3/t11?,12-/m0/s1. The van der Waals surface area contributed by atoms with Crippen LogP contribution < -0.4 is 0 Å². The first-order valence-electron chi connectivity index (χ1n) is 6.30. The third-order valence-corrected chi connectivity index (χ3v) is 3.79. The lowest BCUT2D eigenvalue weighted by Crippen LogP contribution is -2.29. The summed E-state index contributed by atoms with van der Waals surface area (Å²) in [6.45, 7) is 4.42. The van der Waals surface area contributed by atoms with Gasteiger partial charge in [-0.15, -0.1) is 0 Å². The van der Waals surface area contributed by atoms with Crippen LogP contribution >= 0.6 is 0 Å². The van der Waals surface area contributed by atoms with Crippen LogP contribution in [0.3, 0.4) is 0 Å². The Morgan fingerprint density at radius 3 is 2.93 bits per heavy atom. The van der Waals surface area contributed by atoms with Gasteiger partial charge < -0.3 is 9.64 Å². The lowest BCUT2D eigenvalue weighted by atomic mass is 9.96. The fourth-order valence-electron chi connectivity index (χ4n) is 2.60. The Hall–Kier alpha value is -0.500. The molecule has 1 saturated heterocycles. The first kappa shape index (κ1) is 11.0. The van der Waals surface area contributed by atoms with Crippen LogP contribution in [-0.4, -0.2) is 31.1 Å². The normalized spacial score (nSPS) is 32.8. The maximum Gasteiger partial charge on any atom is 0.103 e. The van der Waals surface area contributed by atoms with Crippen LogP contribution in [0.25, 0.3) is 0 Å². The SMILES string of the molecule is CC1CCCC=C1OC[C@@H]1CCCN1C. The van der Waals surface area contributed by atoms with E-state index in [-0.39, 0.29) is 0 Å². The number of ether oxygens (including phenoxy) is 1. The van der Waals surface area contributed by atoms with Crippen LogP contribution in [0.15, 0.2) is 11.8 Å². The van der Waals surface area contributed by atoms with Gasteiger partial charge in [0.05, 0.1) is 5.76 Å². The van der Waals surface area contributed by atoms with Gasteiger partial charge in [0.2, 0.25) is 0 Å². The minimum absolute atomic E-state index is 0.644. The molecule has 0 aromatic heterocycles. The molecule has 1 unspecified atom stereocenters. The lowest BCUT2D eigenvalue weighted by molar-refractivity contribution is 0.115. The molecule has 0 N–H and O–H groups in total. The summed E-state index contributed by atoms with van der Waals surface area (Å²) in [6.07, 6.45) is 8.77. The van der Waals surface area contributed by atoms with E-state index in [1.807, 2.05) is 0 Å². The average molecular weight is 209 g/mol. The zero-order chi connectivity index (χ0) is 10.7. The van der Waals surface area contributed by atoms with Gasteiger partial charge in [0.25, 0.3) is 0 Å². The Morgan fingerprint density at radius 1 is 1.40 bits per heavy atom. The van der Waals surface area contributed by atoms with Gasteiger partial charge in [-0.05, 0) is 51.8 Å². The van der Waals surface area contributed by atoms with E-state index in [1.165, 1.54) is 44.4 Å². The second kappa shape index (κ2) is 5.02. The van der Waals surface area contributed by atoms with E-state index >= 15 is 0 Å². The summed E-state index contributed by atoms with van der Waals surface area (Å²) >= 11 is 0. The van der Waals surface area contributed by atoms with Crippen LogP contribution in [0.5, 0.6) is 0 Å². The molecule has 0 bridgehead atoms. The highest BCUT2D eigenvalue weighted by Crippen LogP contribution is 2.26. The molecule has 1 aliphatic carbocycles. The summed E-state index contributed by atoms with van der Waals surface area (Å²) in [5, 5.41) is 0. The van der Waals surface area contributed by atoms with Gasteiger partial charge in [-0.25, -0.2) is 0 Å². The van der Waals surface area contributed by atoms with Crippen molar-refractivity contribution in [2.45, 2.75) is 45.1 Å². The third kappa shape index (κ3) is 2.75. The maximum atomic E-state index is 5.97. The first-order chi connectivity index (χ1) is 7.27. The van der Waals surface area contributed by atoms with E-state index in [4.69, 9.17) is 4.74 Å². The molecule has 2 aliphatic rings. The van der Waals surface area contributed by atoms with Gasteiger partial charge >= 0.3 is 0 Å². The quantitative estimate of drug-likeness (QED) is 0.708. The van der Waals surface area contributed by atoms with Crippen LogP contribution in [0.1, 0.15) is 39.0 Å². The van der Waals surface area contributed by atoms with E-state index in [0.29, 0.717) is 12.0 Å². The van der Waals surface area contributed by atoms with E-state index in [1.54, 1.807) is 0 Å². The predicted octanol–water partition coefficient (Wildman–Crippen LogP) is 2.80. The fourth-order valence-corrected chi connectivity index (χ4v) is 2.60. The van der Waals surface area contributed by atoms with Crippen molar-refractivity contribution < 1.29 is 4.74 Å². The Morgan fingerprint density at radius 2 is 2.27 bits per heavy atom. The topological polar surface area (TPSA) is 12.5 Å². The van der Waals surface area contributed by atoms with Crippen LogP contribution in [0, 0.1) is 5.92 Å². The van der Waals surface area contributed by atoms with Crippen molar-refractivity contribution in [1.82, 2.24) is 4.90 Å². The Labute approximate surface area is 93.3 Å². The molecular formula is C13H23NO. The molecule has 2 nitrogen and oxygen atoms in total. The molecule has 1 fully saturated rings. The smallest absolute Gasteiger partial charge is 0.103 e. The number of hydrogen-bond acceptors (Lipinski definition) is 2. The van der Waals surface area contributed by atoms with E-state index in [0.717, 1.165) is 6.61 Å². The second-order valence-electron chi connectivity index (χ2n) is 5.03. The van der Waals surface area contributed by atoms with Crippen molar-refractivity contribution in [3.05, 3.63) is 11.8 Å². The molecule has 0 aromatic rings. The Kier molecular flexibility index (Phi) is 3.68. The molecule has 0 aromatic carbocycles. The number of likely N-dealkylation sites (tertiary alicyclic amines) is 1. The van der Waals surface area contributed by atoms with Crippen molar-refractivity contribution >= 4 is 0 Å². The molecule has 0 radical (unpaired) electrons. The molecule has 1 heterocycles. The van der Waals surface area contributed by atoms with Gasteiger partial charge in [0.15, 0.2) is 0 Å². The van der Waals surface area contributed by atoms with Crippen LogP contribution in [0.4, 0.5) is 0 Å². The zero-order valence-electron chi connectivity index (χ0n) is 10.0. The lowest BCUT2D eigenvalue weighted by Gasteiger charge is -2.25. The zero-order valence-corrected chi connectivity index (χ0v) is 10.0. The number of allylic oxidation sites excluding steroid dienone is 2. The molecule has 2 atom stereocenters. The summed E-state index contributed by atoms with van der Waals surface area (Å²) in [5.74, 6) is 1.90. The highest BCUT2D eigenvalue weighted by molar-refractivity contribution is 5.01. The molecule has 0 amide bonds. The molecule has 0 saturated carbocycles. The second-order valence-corrected chi connectivity index (χ2v) is 5.03. The highest BCUT2D eigenvalue weighted by Gasteiger charge is 2.22. The average Bonchev–Trinajstić information content (AvgIpc) is 2.63. The molecule has 86 valence electrons. The van der Waals surface area contributed by atoms with Crippen LogP contribution in [-0.2, 0) is 4.74 Å². The fraction of sp³-hybridized carbons (Fsp3) is 0.846. The van der Waals surface area contributed by atoms with Crippen molar-refractivity contribution in [2.24, 2.45) is 5.92 Å². The summed E-state index contributed by atoms with van der Waals surface area (Å²) < 4.78 is 5.97. The van der Waals surface area contributed by atoms with Crippen LogP contribution in [0.2, 0.25) is 0 Å². The highest BCUT2D eigenvalue weighted by atomic mass is 16.5. The number of hydrogen-bond donors (Lipinski definition) is 0. The first-order valence-corrected chi connectivity index (χ1v) is 6.30. The Bertz CT molecular complexity index is 237. The summed E-state index contributed by atoms with van der Waals surface area (Å²) in [5.41, 5.74) is 0. The minimum Gasteiger partial charge on any atom is -0.496 e. The van der Waals surface area contributed by atoms with Crippen molar-refractivity contribution in [1.29, 1.82) is 0 Å².